The normalized spacial score (nSPS) is 12.0. The Kier molecular flexibility index (Phi) is 11.9. The van der Waals surface area contributed by atoms with E-state index >= 15 is 0 Å². The van der Waals surface area contributed by atoms with Gasteiger partial charge in [-0.25, -0.2) is 8.42 Å². The zero-order chi connectivity index (χ0) is 27.4. The number of ether oxygens (including phenoxy) is 1. The second kappa shape index (κ2) is 14.6. The molecule has 8 nitrogen and oxygen atoms in total. The summed E-state index contributed by atoms with van der Waals surface area (Å²) in [5.41, 5.74) is 2.30. The highest BCUT2D eigenvalue weighted by molar-refractivity contribution is 7.92. The largest absolute Gasteiger partial charge is 0.497 e. The van der Waals surface area contributed by atoms with Gasteiger partial charge in [-0.3, -0.25) is 13.9 Å². The molecule has 0 saturated carbocycles. The first-order chi connectivity index (χ1) is 17.6. The van der Waals surface area contributed by atoms with Crippen LogP contribution < -0.4 is 14.4 Å². The summed E-state index contributed by atoms with van der Waals surface area (Å²) in [4.78, 5) is 28.2. The third-order valence-corrected chi connectivity index (χ3v) is 7.42. The molecule has 0 fully saturated rings. The average Bonchev–Trinajstić information content (AvgIpc) is 2.86. The van der Waals surface area contributed by atoms with Gasteiger partial charge in [0.15, 0.2) is 0 Å². The topological polar surface area (TPSA) is 96.0 Å². The van der Waals surface area contributed by atoms with Crippen molar-refractivity contribution in [2.24, 2.45) is 0 Å². The molecule has 0 heterocycles. The first kappa shape index (κ1) is 30.2. The van der Waals surface area contributed by atoms with Gasteiger partial charge >= 0.3 is 0 Å². The van der Waals surface area contributed by atoms with E-state index in [1.54, 1.807) is 24.1 Å². The molecule has 2 amide bonds. The van der Waals surface area contributed by atoms with E-state index in [0.29, 0.717) is 30.8 Å². The number of nitrogens with one attached hydrogen (secondary N) is 1. The number of nitrogens with zero attached hydrogens (tertiary/aromatic N) is 2. The molecule has 204 valence electrons. The number of para-hydroxylation sites is 1. The Morgan fingerprint density at radius 1 is 1.05 bits per heavy atom. The number of methoxy groups -OCH3 is 1. The zero-order valence-corrected chi connectivity index (χ0v) is 23.5. The molecule has 0 aromatic heterocycles. The number of benzene rings is 2. The lowest BCUT2D eigenvalue weighted by atomic mass is 10.1. The Labute approximate surface area is 222 Å². The van der Waals surface area contributed by atoms with E-state index in [0.717, 1.165) is 24.0 Å². The first-order valence-electron chi connectivity index (χ1n) is 12.9. The number of amides is 2. The monoisotopic (exact) mass is 531 g/mol. The third-order valence-electron chi connectivity index (χ3n) is 6.24. The predicted molar refractivity (Wildman–Crippen MR) is 148 cm³/mol. The van der Waals surface area contributed by atoms with Gasteiger partial charge in [-0.05, 0) is 55.5 Å². The van der Waals surface area contributed by atoms with Gasteiger partial charge in [-0.1, -0.05) is 50.6 Å². The minimum atomic E-state index is -3.53. The van der Waals surface area contributed by atoms with Gasteiger partial charge in [-0.2, -0.15) is 0 Å². The fourth-order valence-electron chi connectivity index (χ4n) is 4.22. The molecule has 0 radical (unpaired) electrons. The molecule has 2 rings (SSSR count). The van der Waals surface area contributed by atoms with E-state index in [4.69, 9.17) is 4.74 Å². The summed E-state index contributed by atoms with van der Waals surface area (Å²) >= 11 is 0. The molecule has 0 bridgehead atoms. The van der Waals surface area contributed by atoms with Crippen molar-refractivity contribution >= 4 is 27.5 Å². The van der Waals surface area contributed by atoms with Crippen molar-refractivity contribution in [2.75, 3.05) is 30.8 Å². The summed E-state index contributed by atoms with van der Waals surface area (Å²) in [6.07, 6.45) is 3.90. The van der Waals surface area contributed by atoms with Crippen molar-refractivity contribution in [3.05, 3.63) is 59.7 Å². The Morgan fingerprint density at radius 3 is 2.41 bits per heavy atom. The number of rotatable bonds is 15. The van der Waals surface area contributed by atoms with Crippen LogP contribution in [0.3, 0.4) is 0 Å². The van der Waals surface area contributed by atoms with Crippen LogP contribution in [0.5, 0.6) is 5.75 Å². The molecule has 0 spiro atoms. The van der Waals surface area contributed by atoms with Gasteiger partial charge in [0.2, 0.25) is 21.8 Å². The first-order valence-corrected chi connectivity index (χ1v) is 14.7. The minimum absolute atomic E-state index is 0.112. The highest BCUT2D eigenvalue weighted by Gasteiger charge is 2.29. The van der Waals surface area contributed by atoms with Gasteiger partial charge < -0.3 is 15.0 Å². The van der Waals surface area contributed by atoms with E-state index in [2.05, 4.69) is 12.2 Å². The second-order valence-corrected chi connectivity index (χ2v) is 11.1. The number of carbonyl (C=O) groups is 2. The SMILES string of the molecule is CCCCNC(=O)C(CC)N(Cc1cccc(OC)c1)C(=O)CCCN(c1ccccc1C)S(C)(=O)=O. The van der Waals surface area contributed by atoms with Crippen LogP contribution in [0.1, 0.15) is 57.1 Å². The fourth-order valence-corrected chi connectivity index (χ4v) is 5.24. The maximum Gasteiger partial charge on any atom is 0.242 e. The van der Waals surface area contributed by atoms with Crippen LogP contribution in [-0.2, 0) is 26.2 Å². The molecule has 1 atom stereocenters. The van der Waals surface area contributed by atoms with E-state index in [-0.39, 0.29) is 31.3 Å². The molecule has 1 N–H and O–H groups in total. The van der Waals surface area contributed by atoms with Crippen LogP contribution in [0.25, 0.3) is 0 Å². The third kappa shape index (κ3) is 9.07. The lowest BCUT2D eigenvalue weighted by Gasteiger charge is -2.31. The van der Waals surface area contributed by atoms with E-state index in [1.807, 2.05) is 50.2 Å². The summed E-state index contributed by atoms with van der Waals surface area (Å²) in [5, 5.41) is 2.96. The maximum atomic E-state index is 13.5. The van der Waals surface area contributed by atoms with Crippen molar-refractivity contribution in [1.29, 1.82) is 0 Å². The van der Waals surface area contributed by atoms with Crippen molar-refractivity contribution in [2.45, 2.75) is 65.5 Å². The lowest BCUT2D eigenvalue weighted by molar-refractivity contribution is -0.141. The van der Waals surface area contributed by atoms with Gasteiger partial charge in [0.1, 0.15) is 11.8 Å². The van der Waals surface area contributed by atoms with Crippen LogP contribution in [0, 0.1) is 6.92 Å². The quantitative estimate of drug-likeness (QED) is 0.346. The molecule has 2 aromatic carbocycles. The molecular weight excluding hydrogens is 490 g/mol. The molecule has 0 aliphatic carbocycles. The molecule has 0 aliphatic heterocycles. The highest BCUT2D eigenvalue weighted by atomic mass is 32.2. The van der Waals surface area contributed by atoms with Gasteiger partial charge in [0.05, 0.1) is 19.1 Å². The van der Waals surface area contributed by atoms with Gasteiger partial charge in [0.25, 0.3) is 0 Å². The van der Waals surface area contributed by atoms with Crippen LogP contribution in [0.15, 0.2) is 48.5 Å². The summed E-state index contributed by atoms with van der Waals surface area (Å²) in [6.45, 7) is 6.79. The second-order valence-electron chi connectivity index (χ2n) is 9.17. The summed E-state index contributed by atoms with van der Waals surface area (Å²) in [5.74, 6) is 0.302. The van der Waals surface area contributed by atoms with Crippen LogP contribution >= 0.6 is 0 Å². The molecule has 0 aliphatic rings. The minimum Gasteiger partial charge on any atom is -0.497 e. The fraction of sp³-hybridized carbons (Fsp3) is 0.500. The highest BCUT2D eigenvalue weighted by Crippen LogP contribution is 2.23. The average molecular weight is 532 g/mol. The smallest absolute Gasteiger partial charge is 0.242 e. The van der Waals surface area contributed by atoms with Gasteiger partial charge in [-0.15, -0.1) is 0 Å². The predicted octanol–water partition coefficient (Wildman–Crippen LogP) is 4.27. The molecule has 0 saturated heterocycles. The van der Waals surface area contributed by atoms with Crippen LogP contribution in [0.2, 0.25) is 0 Å². The Hall–Kier alpha value is -3.07. The van der Waals surface area contributed by atoms with Crippen LogP contribution in [0.4, 0.5) is 5.69 Å². The summed E-state index contributed by atoms with van der Waals surface area (Å²) in [7, 11) is -1.95. The molecule has 1 unspecified atom stereocenters. The van der Waals surface area contributed by atoms with Crippen molar-refractivity contribution in [3.8, 4) is 5.75 Å². The van der Waals surface area contributed by atoms with Crippen LogP contribution in [-0.4, -0.2) is 57.6 Å². The number of sulfonamides is 1. The number of unbranched alkanes of at least 4 members (excludes halogenated alkanes) is 1. The summed E-state index contributed by atoms with van der Waals surface area (Å²) < 4.78 is 31.7. The Morgan fingerprint density at radius 2 is 1.78 bits per heavy atom. The maximum absolute atomic E-state index is 13.5. The molecular formula is C28H41N3O5S. The number of anilines is 1. The number of carbonyl (C=O) groups excluding carboxylic acids is 2. The van der Waals surface area contributed by atoms with E-state index in [9.17, 15) is 18.0 Å². The van der Waals surface area contributed by atoms with Gasteiger partial charge in [0, 0.05) is 26.1 Å². The Balaban J connectivity index is 2.23. The Bertz CT molecular complexity index is 1140. The summed E-state index contributed by atoms with van der Waals surface area (Å²) in [6, 6.07) is 14.1. The molecule has 9 heteroatoms. The molecule has 37 heavy (non-hydrogen) atoms. The standard InChI is InChI=1S/C28H41N3O5S/c1-6-8-18-29-28(33)25(7-2)30(21-23-14-11-15-24(20-23)36-4)27(32)17-12-19-31(37(5,34)35)26-16-10-9-13-22(26)3/h9-11,13-16,20,25H,6-8,12,17-19,21H2,1-5H3,(H,29,33). The molecule has 2 aromatic rings. The lowest BCUT2D eigenvalue weighted by Crippen LogP contribution is -2.49. The van der Waals surface area contributed by atoms with E-state index < -0.39 is 16.1 Å². The number of hydrogen-bond donors (Lipinski definition) is 1. The number of aryl methyl sites for hydroxylation is 1. The van der Waals surface area contributed by atoms with E-state index in [1.165, 1.54) is 10.6 Å². The van der Waals surface area contributed by atoms with Crippen molar-refractivity contribution in [3.63, 3.8) is 0 Å². The number of hydrogen-bond acceptors (Lipinski definition) is 5. The van der Waals surface area contributed by atoms with Crippen molar-refractivity contribution < 1.29 is 22.7 Å². The van der Waals surface area contributed by atoms with Crippen molar-refractivity contribution in [1.82, 2.24) is 10.2 Å². The zero-order valence-electron chi connectivity index (χ0n) is 22.7.